The maximum absolute atomic E-state index is 14.0. The van der Waals surface area contributed by atoms with Crippen LogP contribution in [0.1, 0.15) is 27.7 Å². The van der Waals surface area contributed by atoms with E-state index >= 15 is 0 Å². The highest BCUT2D eigenvalue weighted by atomic mass is 19.1. The Morgan fingerprint density at radius 1 is 1.04 bits per heavy atom. The second kappa shape index (κ2) is 8.69. The number of hydrogen-bond acceptors (Lipinski definition) is 4. The molecule has 2 aromatic carbocycles. The van der Waals surface area contributed by atoms with Crippen LogP contribution in [-0.2, 0) is 9.53 Å². The fraction of sp³-hybridized carbons (Fsp3) is 0.300. The van der Waals surface area contributed by atoms with E-state index in [1.807, 2.05) is 0 Å². The number of benzene rings is 2. The highest BCUT2D eigenvalue weighted by Crippen LogP contribution is 2.21. The van der Waals surface area contributed by atoms with Gasteiger partial charge in [0.05, 0.1) is 5.69 Å². The molecule has 0 aliphatic rings. The van der Waals surface area contributed by atoms with Crippen molar-refractivity contribution in [3.8, 4) is 5.75 Å². The van der Waals surface area contributed by atoms with Crippen LogP contribution in [0.15, 0.2) is 42.5 Å². The summed E-state index contributed by atoms with van der Waals surface area (Å²) in [4.78, 5) is 24.1. The lowest BCUT2D eigenvalue weighted by Crippen LogP contribution is -2.30. The quantitative estimate of drug-likeness (QED) is 0.772. The number of nitrogens with one attached hydrogen (secondary N) is 2. The summed E-state index contributed by atoms with van der Waals surface area (Å²) in [6.07, 6.45) is -1.72. The van der Waals surface area contributed by atoms with Gasteiger partial charge in [-0.3, -0.25) is 10.1 Å². The van der Waals surface area contributed by atoms with E-state index in [9.17, 15) is 18.4 Å². The molecule has 0 heterocycles. The summed E-state index contributed by atoms with van der Waals surface area (Å²) in [5.41, 5.74) is -0.594. The number of carbonyl (C=O) groups is 2. The molecular formula is C20H22F2N2O4. The SMILES string of the molecule is CC(Oc1cccc(F)c1)C(=O)Nc1cc(NC(=O)OC(C)(C)C)ccc1F. The van der Waals surface area contributed by atoms with Crippen molar-refractivity contribution < 1.29 is 27.8 Å². The van der Waals surface area contributed by atoms with Gasteiger partial charge in [-0.25, -0.2) is 13.6 Å². The molecule has 0 aliphatic heterocycles. The van der Waals surface area contributed by atoms with Crippen LogP contribution in [0.2, 0.25) is 0 Å². The first-order valence-electron chi connectivity index (χ1n) is 8.56. The molecule has 0 radical (unpaired) electrons. The third kappa shape index (κ3) is 6.53. The van der Waals surface area contributed by atoms with Crippen molar-refractivity contribution in [1.82, 2.24) is 0 Å². The highest BCUT2D eigenvalue weighted by Gasteiger charge is 2.19. The van der Waals surface area contributed by atoms with Gasteiger partial charge in [-0.15, -0.1) is 0 Å². The molecule has 0 fully saturated rings. The van der Waals surface area contributed by atoms with Crippen LogP contribution in [0.3, 0.4) is 0 Å². The summed E-state index contributed by atoms with van der Waals surface area (Å²) in [5, 5.41) is 4.84. The summed E-state index contributed by atoms with van der Waals surface area (Å²) in [5.74, 6) is -1.67. The van der Waals surface area contributed by atoms with E-state index in [1.165, 1.54) is 37.3 Å². The van der Waals surface area contributed by atoms with Crippen LogP contribution in [0.4, 0.5) is 25.0 Å². The first-order valence-corrected chi connectivity index (χ1v) is 8.56. The topological polar surface area (TPSA) is 76.7 Å². The Bertz CT molecular complexity index is 866. The van der Waals surface area contributed by atoms with Gasteiger partial charge in [0.15, 0.2) is 6.10 Å². The molecule has 0 saturated heterocycles. The van der Waals surface area contributed by atoms with Gasteiger partial charge < -0.3 is 14.8 Å². The molecule has 1 atom stereocenters. The number of anilines is 2. The van der Waals surface area contributed by atoms with Gasteiger partial charge in [-0.2, -0.15) is 0 Å². The standard InChI is InChI=1S/C20H22F2N2O4/c1-12(27-15-7-5-6-13(21)10-15)18(25)24-17-11-14(8-9-16(17)22)23-19(26)28-20(2,3)4/h5-12H,1-4H3,(H,23,26)(H,24,25). The molecule has 0 spiro atoms. The average Bonchev–Trinajstić information content (AvgIpc) is 2.56. The molecular weight excluding hydrogens is 370 g/mol. The van der Waals surface area contributed by atoms with Crippen LogP contribution in [0, 0.1) is 11.6 Å². The van der Waals surface area contributed by atoms with E-state index in [1.54, 1.807) is 20.8 Å². The van der Waals surface area contributed by atoms with E-state index in [0.717, 1.165) is 12.1 Å². The number of carbonyl (C=O) groups excluding carboxylic acids is 2. The lowest BCUT2D eigenvalue weighted by atomic mass is 10.2. The second-order valence-electron chi connectivity index (χ2n) is 7.03. The Labute approximate surface area is 161 Å². The monoisotopic (exact) mass is 392 g/mol. The zero-order valence-electron chi connectivity index (χ0n) is 16.0. The van der Waals surface area contributed by atoms with Crippen molar-refractivity contribution in [3.63, 3.8) is 0 Å². The molecule has 6 nitrogen and oxygen atoms in total. The van der Waals surface area contributed by atoms with Crippen molar-refractivity contribution >= 4 is 23.4 Å². The van der Waals surface area contributed by atoms with Gasteiger partial charge in [0.2, 0.25) is 0 Å². The zero-order chi connectivity index (χ0) is 20.9. The largest absolute Gasteiger partial charge is 0.481 e. The Hall–Kier alpha value is -3.16. The molecule has 2 amide bonds. The molecule has 150 valence electrons. The molecule has 2 N–H and O–H groups in total. The normalized spacial score (nSPS) is 12.1. The van der Waals surface area contributed by atoms with E-state index in [4.69, 9.17) is 9.47 Å². The van der Waals surface area contributed by atoms with E-state index in [2.05, 4.69) is 10.6 Å². The van der Waals surface area contributed by atoms with Crippen molar-refractivity contribution in [1.29, 1.82) is 0 Å². The van der Waals surface area contributed by atoms with E-state index < -0.39 is 35.3 Å². The van der Waals surface area contributed by atoms with Crippen LogP contribution < -0.4 is 15.4 Å². The molecule has 8 heteroatoms. The third-order valence-electron chi connectivity index (χ3n) is 3.35. The number of halogens is 2. The first kappa shape index (κ1) is 21.1. The third-order valence-corrected chi connectivity index (χ3v) is 3.35. The lowest BCUT2D eigenvalue weighted by molar-refractivity contribution is -0.122. The highest BCUT2D eigenvalue weighted by molar-refractivity contribution is 5.95. The van der Waals surface area contributed by atoms with Gasteiger partial charge in [0, 0.05) is 11.8 Å². The Balaban J connectivity index is 2.04. The van der Waals surface area contributed by atoms with Gasteiger partial charge in [0.25, 0.3) is 5.91 Å². The van der Waals surface area contributed by atoms with Crippen molar-refractivity contribution in [2.75, 3.05) is 10.6 Å². The summed E-state index contributed by atoms with van der Waals surface area (Å²) in [6, 6.07) is 9.01. The molecule has 0 bridgehead atoms. The Morgan fingerprint density at radius 3 is 2.39 bits per heavy atom. The molecule has 2 rings (SSSR count). The fourth-order valence-corrected chi connectivity index (χ4v) is 2.15. The minimum absolute atomic E-state index is 0.145. The van der Waals surface area contributed by atoms with E-state index in [0.29, 0.717) is 0 Å². The molecule has 0 saturated carbocycles. The summed E-state index contributed by atoms with van der Waals surface area (Å²) in [6.45, 7) is 6.58. The number of ether oxygens (including phenoxy) is 2. The fourth-order valence-electron chi connectivity index (χ4n) is 2.15. The van der Waals surface area contributed by atoms with E-state index in [-0.39, 0.29) is 17.1 Å². The van der Waals surface area contributed by atoms with Crippen LogP contribution >= 0.6 is 0 Å². The number of amides is 2. The lowest BCUT2D eigenvalue weighted by Gasteiger charge is -2.20. The maximum Gasteiger partial charge on any atom is 0.412 e. The van der Waals surface area contributed by atoms with Crippen LogP contribution in [0.5, 0.6) is 5.75 Å². The summed E-state index contributed by atoms with van der Waals surface area (Å²) in [7, 11) is 0. The van der Waals surface area contributed by atoms with Crippen molar-refractivity contribution in [2.24, 2.45) is 0 Å². The predicted octanol–water partition coefficient (Wildman–Crippen LogP) is 4.72. The van der Waals surface area contributed by atoms with Gasteiger partial charge in [0.1, 0.15) is 23.0 Å². The molecule has 0 aromatic heterocycles. The van der Waals surface area contributed by atoms with Crippen LogP contribution in [0.25, 0.3) is 0 Å². The van der Waals surface area contributed by atoms with Crippen molar-refractivity contribution in [3.05, 3.63) is 54.1 Å². The molecule has 1 unspecified atom stereocenters. The maximum atomic E-state index is 14.0. The molecule has 2 aromatic rings. The summed E-state index contributed by atoms with van der Waals surface area (Å²) >= 11 is 0. The number of rotatable bonds is 5. The predicted molar refractivity (Wildman–Crippen MR) is 101 cm³/mol. The first-order chi connectivity index (χ1) is 13.0. The Kier molecular flexibility index (Phi) is 6.56. The Morgan fingerprint density at radius 2 is 1.75 bits per heavy atom. The number of hydrogen-bond donors (Lipinski definition) is 2. The van der Waals surface area contributed by atoms with Gasteiger partial charge in [-0.05, 0) is 58.0 Å². The van der Waals surface area contributed by atoms with Crippen LogP contribution in [-0.4, -0.2) is 23.7 Å². The molecule has 28 heavy (non-hydrogen) atoms. The summed E-state index contributed by atoms with van der Waals surface area (Å²) < 4.78 is 37.7. The zero-order valence-corrected chi connectivity index (χ0v) is 16.0. The van der Waals surface area contributed by atoms with Gasteiger partial charge in [-0.1, -0.05) is 6.07 Å². The second-order valence-corrected chi connectivity index (χ2v) is 7.03. The minimum Gasteiger partial charge on any atom is -0.481 e. The van der Waals surface area contributed by atoms with Crippen molar-refractivity contribution in [2.45, 2.75) is 39.4 Å². The smallest absolute Gasteiger partial charge is 0.412 e. The average molecular weight is 392 g/mol. The molecule has 0 aliphatic carbocycles. The van der Waals surface area contributed by atoms with Gasteiger partial charge >= 0.3 is 6.09 Å². The minimum atomic E-state index is -1.01.